The van der Waals surface area contributed by atoms with Gasteiger partial charge < -0.3 is 0 Å². The predicted octanol–water partition coefficient (Wildman–Crippen LogP) is 4.81. The second kappa shape index (κ2) is 6.17. The van der Waals surface area contributed by atoms with Gasteiger partial charge in [-0.15, -0.1) is 11.3 Å². The Morgan fingerprint density at radius 3 is 2.48 bits per heavy atom. The zero-order chi connectivity index (χ0) is 17.4. The van der Waals surface area contributed by atoms with Crippen LogP contribution in [0.25, 0.3) is 11.6 Å². The number of para-hydroxylation sites is 1. The van der Waals surface area contributed by atoms with Crippen LogP contribution < -0.4 is 4.31 Å². The molecule has 0 N–H and O–H groups in total. The number of nitrogens with zero attached hydrogens (tertiary/aromatic N) is 1. The van der Waals surface area contributed by atoms with Crippen LogP contribution >= 0.6 is 11.3 Å². The molecule has 0 saturated heterocycles. The average Bonchev–Trinajstić information content (AvgIpc) is 3.24. The van der Waals surface area contributed by atoms with E-state index in [4.69, 9.17) is 0 Å². The van der Waals surface area contributed by atoms with Gasteiger partial charge in [-0.05, 0) is 48.2 Å². The normalized spacial score (nSPS) is 15.6. The molecule has 0 fully saturated rings. The molecule has 0 saturated carbocycles. The van der Waals surface area contributed by atoms with Crippen molar-refractivity contribution in [1.82, 2.24) is 0 Å². The molecule has 2 heterocycles. The first kappa shape index (κ1) is 16.1. The number of anilines is 1. The molecule has 0 spiro atoms. The summed E-state index contributed by atoms with van der Waals surface area (Å²) in [7, 11) is -3.58. The third-order valence-electron chi connectivity index (χ3n) is 4.30. The fourth-order valence-corrected chi connectivity index (χ4v) is 5.15. The Hall–Kier alpha value is -2.37. The van der Waals surface area contributed by atoms with Gasteiger partial charge in [0.25, 0.3) is 10.0 Å². The van der Waals surface area contributed by atoms with E-state index in [2.05, 4.69) is 6.08 Å². The summed E-state index contributed by atoms with van der Waals surface area (Å²) in [4.78, 5) is 1.45. The summed E-state index contributed by atoms with van der Waals surface area (Å²) in [6.07, 6.45) is 2.08. The maximum Gasteiger partial charge on any atom is 0.264 e. The Morgan fingerprint density at radius 2 is 1.76 bits per heavy atom. The first-order chi connectivity index (χ1) is 12.1. The van der Waals surface area contributed by atoms with Crippen molar-refractivity contribution >= 4 is 38.7 Å². The Kier molecular flexibility index (Phi) is 3.98. The van der Waals surface area contributed by atoms with Gasteiger partial charge in [-0.1, -0.05) is 42.0 Å². The number of sulfonamides is 1. The summed E-state index contributed by atoms with van der Waals surface area (Å²) in [6.45, 7) is 2.30. The molecular formula is C20H17NO2S2. The molecule has 4 rings (SSSR count). The van der Waals surface area contributed by atoms with Gasteiger partial charge in [0.15, 0.2) is 0 Å². The number of thiophene rings is 1. The van der Waals surface area contributed by atoms with E-state index in [1.165, 1.54) is 4.31 Å². The highest BCUT2D eigenvalue weighted by Crippen LogP contribution is 2.40. The molecule has 5 heteroatoms. The van der Waals surface area contributed by atoms with Crippen molar-refractivity contribution in [1.29, 1.82) is 0 Å². The molecule has 126 valence electrons. The van der Waals surface area contributed by atoms with Crippen LogP contribution in [0.4, 0.5) is 5.69 Å². The van der Waals surface area contributed by atoms with Crippen molar-refractivity contribution in [3.05, 3.63) is 82.0 Å². The second-order valence-electron chi connectivity index (χ2n) is 6.03. The van der Waals surface area contributed by atoms with E-state index in [9.17, 15) is 8.42 Å². The maximum absolute atomic E-state index is 13.2. The summed E-state index contributed by atoms with van der Waals surface area (Å²) >= 11 is 1.65. The quantitative estimate of drug-likeness (QED) is 0.666. The van der Waals surface area contributed by atoms with Crippen molar-refractivity contribution in [2.24, 2.45) is 0 Å². The number of benzene rings is 2. The van der Waals surface area contributed by atoms with Crippen molar-refractivity contribution in [3.63, 3.8) is 0 Å². The highest BCUT2D eigenvalue weighted by atomic mass is 32.2. The Bertz CT molecular complexity index is 1030. The van der Waals surface area contributed by atoms with Gasteiger partial charge in [0, 0.05) is 10.4 Å². The van der Waals surface area contributed by atoms with Gasteiger partial charge in [-0.25, -0.2) is 8.42 Å². The molecule has 0 radical (unpaired) electrons. The molecule has 3 nitrogen and oxygen atoms in total. The zero-order valence-corrected chi connectivity index (χ0v) is 15.3. The first-order valence-electron chi connectivity index (χ1n) is 7.98. The standard InChI is InChI=1S/C20H17NO2S2/c1-15-8-10-18(11-9-15)25(22,23)21-14-16(13-17-5-4-12-24-17)19-6-2-3-7-20(19)21/h2-13H,14H2,1H3/b16-13-. The van der Waals surface area contributed by atoms with Crippen LogP contribution in [-0.4, -0.2) is 15.0 Å². The van der Waals surface area contributed by atoms with E-state index in [-0.39, 0.29) is 0 Å². The lowest BCUT2D eigenvalue weighted by molar-refractivity contribution is 0.593. The van der Waals surface area contributed by atoms with Crippen molar-refractivity contribution < 1.29 is 8.42 Å². The molecule has 0 aliphatic carbocycles. The van der Waals surface area contributed by atoms with Crippen molar-refractivity contribution in [2.75, 3.05) is 10.8 Å². The summed E-state index contributed by atoms with van der Waals surface area (Å²) in [5.74, 6) is 0. The van der Waals surface area contributed by atoms with Crippen LogP contribution in [0.3, 0.4) is 0 Å². The molecule has 3 aromatic rings. The molecule has 0 bridgehead atoms. The van der Waals surface area contributed by atoms with Crippen LogP contribution in [0.15, 0.2) is 70.9 Å². The number of rotatable bonds is 3. The Balaban J connectivity index is 1.80. The average molecular weight is 367 g/mol. The van der Waals surface area contributed by atoms with E-state index >= 15 is 0 Å². The number of hydrogen-bond donors (Lipinski definition) is 0. The molecule has 1 aromatic heterocycles. The monoisotopic (exact) mass is 367 g/mol. The van der Waals surface area contributed by atoms with Crippen molar-refractivity contribution in [2.45, 2.75) is 11.8 Å². The smallest absolute Gasteiger partial charge is 0.261 e. The van der Waals surface area contributed by atoms with E-state index in [0.29, 0.717) is 11.4 Å². The third kappa shape index (κ3) is 2.90. The molecule has 25 heavy (non-hydrogen) atoms. The van der Waals surface area contributed by atoms with E-state index < -0.39 is 10.0 Å². The SMILES string of the molecule is Cc1ccc(S(=O)(=O)N2C/C(=C/c3cccs3)c3ccccc32)cc1. The molecular weight excluding hydrogens is 350 g/mol. The fourth-order valence-electron chi connectivity index (χ4n) is 3.01. The molecule has 1 aliphatic rings. The Morgan fingerprint density at radius 1 is 1.00 bits per heavy atom. The lowest BCUT2D eigenvalue weighted by Crippen LogP contribution is -2.28. The molecule has 0 atom stereocenters. The fraction of sp³-hybridized carbons (Fsp3) is 0.100. The number of aryl methyl sites for hydroxylation is 1. The minimum atomic E-state index is -3.58. The molecule has 0 amide bonds. The highest BCUT2D eigenvalue weighted by molar-refractivity contribution is 7.92. The number of fused-ring (bicyclic) bond motifs is 1. The summed E-state index contributed by atoms with van der Waals surface area (Å²) in [5.41, 5.74) is 3.78. The van der Waals surface area contributed by atoms with Gasteiger partial charge >= 0.3 is 0 Å². The minimum absolute atomic E-state index is 0.324. The topological polar surface area (TPSA) is 37.4 Å². The summed E-state index contributed by atoms with van der Waals surface area (Å²) in [6, 6.07) is 18.7. The van der Waals surface area contributed by atoms with E-state index in [1.54, 1.807) is 23.5 Å². The molecule has 0 unspecified atom stereocenters. The van der Waals surface area contributed by atoms with Gasteiger partial charge in [-0.3, -0.25) is 4.31 Å². The lowest BCUT2D eigenvalue weighted by Gasteiger charge is -2.19. The summed E-state index contributed by atoms with van der Waals surface area (Å²) < 4.78 is 27.8. The predicted molar refractivity (Wildman–Crippen MR) is 104 cm³/mol. The largest absolute Gasteiger partial charge is 0.264 e. The van der Waals surface area contributed by atoms with Crippen LogP contribution in [0.5, 0.6) is 0 Å². The number of hydrogen-bond acceptors (Lipinski definition) is 3. The van der Waals surface area contributed by atoms with Gasteiger partial charge in [0.1, 0.15) is 0 Å². The minimum Gasteiger partial charge on any atom is -0.261 e. The van der Waals surface area contributed by atoms with Crippen LogP contribution in [0.2, 0.25) is 0 Å². The summed E-state index contributed by atoms with van der Waals surface area (Å²) in [5, 5.41) is 2.02. The van der Waals surface area contributed by atoms with Gasteiger partial charge in [0.2, 0.25) is 0 Å². The second-order valence-corrected chi connectivity index (χ2v) is 8.87. The Labute approximate surface area is 151 Å². The lowest BCUT2D eigenvalue weighted by atomic mass is 10.1. The zero-order valence-electron chi connectivity index (χ0n) is 13.7. The molecule has 2 aromatic carbocycles. The van der Waals surface area contributed by atoms with Gasteiger partial charge in [0.05, 0.1) is 17.1 Å². The van der Waals surface area contributed by atoms with Crippen LogP contribution in [0.1, 0.15) is 16.0 Å². The van der Waals surface area contributed by atoms with Crippen LogP contribution in [0, 0.1) is 6.92 Å². The van der Waals surface area contributed by atoms with E-state index in [1.807, 2.05) is 60.8 Å². The van der Waals surface area contributed by atoms with Crippen molar-refractivity contribution in [3.8, 4) is 0 Å². The molecule has 1 aliphatic heterocycles. The highest BCUT2D eigenvalue weighted by Gasteiger charge is 2.33. The van der Waals surface area contributed by atoms with Crippen LogP contribution in [-0.2, 0) is 10.0 Å². The van der Waals surface area contributed by atoms with E-state index in [0.717, 1.165) is 27.3 Å². The third-order valence-corrected chi connectivity index (χ3v) is 6.89. The maximum atomic E-state index is 13.2. The first-order valence-corrected chi connectivity index (χ1v) is 10.3. The van der Waals surface area contributed by atoms with Gasteiger partial charge in [-0.2, -0.15) is 0 Å².